The first-order valence-electron chi connectivity index (χ1n) is 14.3. The van der Waals surface area contributed by atoms with Crippen molar-refractivity contribution in [2.24, 2.45) is 7.05 Å². The van der Waals surface area contributed by atoms with E-state index in [9.17, 15) is 9.59 Å². The Hall–Kier alpha value is -5.29. The molecule has 0 spiro atoms. The predicted molar refractivity (Wildman–Crippen MR) is 165 cm³/mol. The maximum atomic E-state index is 15.2. The van der Waals surface area contributed by atoms with E-state index in [0.29, 0.717) is 22.6 Å². The first-order valence-corrected chi connectivity index (χ1v) is 14.3. The van der Waals surface area contributed by atoms with Crippen LogP contribution in [0.5, 0.6) is 11.8 Å². The number of carboxylic acids is 1. The number of carbonyl (C=O) groups is 1. The number of aromatic nitrogens is 3. The number of nitrogens with zero attached hydrogens (tertiary/aromatic N) is 4. The number of halogens is 2. The molecule has 45 heavy (non-hydrogen) atoms. The number of fused-ring (bicyclic) bond motifs is 1. The van der Waals surface area contributed by atoms with Crippen molar-refractivity contribution in [3.05, 3.63) is 124 Å². The highest BCUT2D eigenvalue weighted by Gasteiger charge is 2.40. The minimum absolute atomic E-state index is 0.0711. The molecular formula is C34H30F2N4O5. The molecule has 230 valence electrons. The van der Waals surface area contributed by atoms with E-state index in [1.165, 1.54) is 20.1 Å². The lowest BCUT2D eigenvalue weighted by Crippen LogP contribution is -2.44. The summed E-state index contributed by atoms with van der Waals surface area (Å²) in [4.78, 5) is 30.5. The number of hydrogen-bond acceptors (Lipinski definition) is 6. The summed E-state index contributed by atoms with van der Waals surface area (Å²) < 4.78 is 45.3. The molecule has 3 aromatic carbocycles. The second-order valence-electron chi connectivity index (χ2n) is 10.8. The van der Waals surface area contributed by atoms with E-state index < -0.39 is 30.7 Å². The van der Waals surface area contributed by atoms with Gasteiger partial charge in [-0.15, -0.1) is 0 Å². The van der Waals surface area contributed by atoms with E-state index in [0.717, 1.165) is 11.1 Å². The lowest BCUT2D eigenvalue weighted by atomic mass is 9.95. The first kappa shape index (κ1) is 29.8. The van der Waals surface area contributed by atoms with Crippen molar-refractivity contribution >= 4 is 22.6 Å². The molecule has 0 saturated heterocycles. The van der Waals surface area contributed by atoms with Gasteiger partial charge in [0.2, 0.25) is 11.8 Å². The number of carboxylic acid groups (broad SMARTS) is 1. The van der Waals surface area contributed by atoms with Gasteiger partial charge in [0.05, 0.1) is 24.1 Å². The molecule has 0 radical (unpaired) electrons. The normalized spacial score (nSPS) is 14.7. The zero-order valence-electron chi connectivity index (χ0n) is 24.4. The maximum Gasteiger partial charge on any atom is 0.333 e. The van der Waals surface area contributed by atoms with E-state index >= 15 is 8.78 Å². The van der Waals surface area contributed by atoms with Crippen molar-refractivity contribution in [2.75, 3.05) is 19.6 Å². The molecule has 0 bridgehead atoms. The van der Waals surface area contributed by atoms with Gasteiger partial charge in [-0.2, -0.15) is 13.8 Å². The zero-order valence-corrected chi connectivity index (χ0v) is 24.4. The maximum absolute atomic E-state index is 15.2. The third-order valence-corrected chi connectivity index (χ3v) is 7.60. The van der Waals surface area contributed by atoms with Gasteiger partial charge < -0.3 is 14.6 Å². The number of aryl methyl sites for hydroxylation is 1. The molecule has 0 unspecified atom stereocenters. The molecule has 0 amide bonds. The molecule has 1 aliphatic rings. The first-order chi connectivity index (χ1) is 21.7. The van der Waals surface area contributed by atoms with Crippen LogP contribution >= 0.6 is 0 Å². The summed E-state index contributed by atoms with van der Waals surface area (Å²) in [6, 6.07) is 27.2. The lowest BCUT2D eigenvalue weighted by Gasteiger charge is -2.31. The van der Waals surface area contributed by atoms with Crippen LogP contribution in [0, 0.1) is 0 Å². The summed E-state index contributed by atoms with van der Waals surface area (Å²) in [5, 5.41) is 9.03. The number of rotatable bonds is 10. The second kappa shape index (κ2) is 12.4. The lowest BCUT2D eigenvalue weighted by molar-refractivity contribution is -0.139. The van der Waals surface area contributed by atoms with Crippen LogP contribution in [0.4, 0.5) is 8.78 Å². The average molecular weight is 613 g/mol. The van der Waals surface area contributed by atoms with Crippen LogP contribution in [0.3, 0.4) is 0 Å². The van der Waals surface area contributed by atoms with Crippen LogP contribution in [0.2, 0.25) is 0 Å². The van der Waals surface area contributed by atoms with Gasteiger partial charge in [0.15, 0.2) is 0 Å². The summed E-state index contributed by atoms with van der Waals surface area (Å²) in [5.41, 5.74) is 2.77. The Morgan fingerprint density at radius 1 is 0.911 bits per heavy atom. The Bertz CT molecular complexity index is 1940. The van der Waals surface area contributed by atoms with Crippen molar-refractivity contribution in [1.29, 1.82) is 0 Å². The largest absolute Gasteiger partial charge is 0.480 e. The highest BCUT2D eigenvalue weighted by Crippen LogP contribution is 2.37. The minimum atomic E-state index is -3.28. The SMILES string of the molecule is Cn1c(=O)n(-c2ccc(OCc3ccccc3)nc2OCc2ccccc2)c2ccc(C3=CCN(CC(=O)O)CC3(F)F)cc21. The summed E-state index contributed by atoms with van der Waals surface area (Å²) in [5.74, 6) is -3.97. The zero-order chi connectivity index (χ0) is 31.6. The summed E-state index contributed by atoms with van der Waals surface area (Å²) in [6.45, 7) is -0.641. The molecule has 6 rings (SSSR count). The molecule has 3 heterocycles. The third-order valence-electron chi connectivity index (χ3n) is 7.60. The molecular weight excluding hydrogens is 582 g/mol. The Labute approximate surface area is 257 Å². The molecule has 9 nitrogen and oxygen atoms in total. The average Bonchev–Trinajstić information content (AvgIpc) is 3.28. The van der Waals surface area contributed by atoms with Gasteiger partial charge >= 0.3 is 11.7 Å². The molecule has 0 atom stereocenters. The van der Waals surface area contributed by atoms with Crippen LogP contribution in [0.1, 0.15) is 16.7 Å². The van der Waals surface area contributed by atoms with E-state index in [1.807, 2.05) is 60.7 Å². The van der Waals surface area contributed by atoms with Crippen LogP contribution in [-0.4, -0.2) is 55.7 Å². The number of alkyl halides is 2. The number of hydrogen-bond donors (Lipinski definition) is 1. The van der Waals surface area contributed by atoms with Crippen LogP contribution in [0.25, 0.3) is 22.3 Å². The smallest absolute Gasteiger partial charge is 0.333 e. The fourth-order valence-corrected chi connectivity index (χ4v) is 5.41. The number of aliphatic carboxylic acids is 1. The molecule has 5 aromatic rings. The van der Waals surface area contributed by atoms with Crippen molar-refractivity contribution in [3.63, 3.8) is 0 Å². The Kier molecular flexibility index (Phi) is 8.18. The Balaban J connectivity index is 1.37. The van der Waals surface area contributed by atoms with E-state index in [1.54, 1.807) is 37.4 Å². The molecule has 0 saturated carbocycles. The van der Waals surface area contributed by atoms with Crippen molar-refractivity contribution in [2.45, 2.75) is 19.1 Å². The monoisotopic (exact) mass is 612 g/mol. The van der Waals surface area contributed by atoms with Crippen LogP contribution < -0.4 is 15.2 Å². The van der Waals surface area contributed by atoms with Crippen molar-refractivity contribution < 1.29 is 28.2 Å². The van der Waals surface area contributed by atoms with Gasteiger partial charge in [-0.3, -0.25) is 18.8 Å². The molecule has 1 N–H and O–H groups in total. The quantitative estimate of drug-likeness (QED) is 0.229. The molecule has 0 fully saturated rings. The topological polar surface area (TPSA) is 98.8 Å². The fourth-order valence-electron chi connectivity index (χ4n) is 5.41. The van der Waals surface area contributed by atoms with Gasteiger partial charge in [-0.05, 0) is 34.9 Å². The van der Waals surface area contributed by atoms with Gasteiger partial charge in [-0.1, -0.05) is 72.8 Å². The third kappa shape index (κ3) is 6.34. The van der Waals surface area contributed by atoms with Crippen molar-refractivity contribution in [3.8, 4) is 17.4 Å². The molecule has 1 aliphatic heterocycles. The fraction of sp³-hybridized carbons (Fsp3) is 0.206. The van der Waals surface area contributed by atoms with Crippen LogP contribution in [0.15, 0.2) is 102 Å². The van der Waals surface area contributed by atoms with E-state index in [2.05, 4.69) is 4.98 Å². The highest BCUT2D eigenvalue weighted by atomic mass is 19.3. The minimum Gasteiger partial charge on any atom is -0.480 e. The van der Waals surface area contributed by atoms with Crippen molar-refractivity contribution in [1.82, 2.24) is 19.0 Å². The molecule has 11 heteroatoms. The Morgan fingerprint density at radius 3 is 2.22 bits per heavy atom. The highest BCUT2D eigenvalue weighted by molar-refractivity contribution is 5.85. The number of ether oxygens (including phenoxy) is 2. The Morgan fingerprint density at radius 2 is 1.58 bits per heavy atom. The van der Waals surface area contributed by atoms with Gasteiger partial charge in [0, 0.05) is 25.2 Å². The second-order valence-corrected chi connectivity index (χ2v) is 10.8. The number of imidazole rings is 1. The van der Waals surface area contributed by atoms with E-state index in [4.69, 9.17) is 14.6 Å². The van der Waals surface area contributed by atoms with Gasteiger partial charge in [0.1, 0.15) is 18.9 Å². The summed E-state index contributed by atoms with van der Waals surface area (Å²) in [6.07, 6.45) is 1.34. The number of benzene rings is 3. The van der Waals surface area contributed by atoms with Gasteiger partial charge in [0.25, 0.3) is 5.92 Å². The molecule has 0 aliphatic carbocycles. The predicted octanol–water partition coefficient (Wildman–Crippen LogP) is 5.30. The summed E-state index contributed by atoms with van der Waals surface area (Å²) in [7, 11) is 1.57. The van der Waals surface area contributed by atoms with Crippen LogP contribution in [-0.2, 0) is 25.1 Å². The number of pyridine rings is 1. The standard InChI is InChI=1S/C34H30F2N4O5/c1-38-29-18-25(26-16-17-39(19-31(41)42)22-34(26,35)36)12-13-27(29)40(33(38)43)28-14-15-30(44-20-23-8-4-2-5-9-23)37-32(28)45-21-24-10-6-3-7-11-24/h2-16,18H,17,19-22H2,1H3,(H,41,42). The van der Waals surface area contributed by atoms with E-state index in [-0.39, 0.29) is 36.8 Å². The van der Waals surface area contributed by atoms with Gasteiger partial charge in [-0.25, -0.2) is 4.79 Å². The summed E-state index contributed by atoms with van der Waals surface area (Å²) >= 11 is 0. The molecule has 2 aromatic heterocycles.